The third-order valence-corrected chi connectivity index (χ3v) is 3.60. The van der Waals surface area contributed by atoms with Crippen LogP contribution in [0.5, 0.6) is 0 Å². The number of halogens is 3. The number of hydrogen-bond donors (Lipinski definition) is 0. The Morgan fingerprint density at radius 1 is 1.14 bits per heavy atom. The Balaban J connectivity index is 1.73. The van der Waals surface area contributed by atoms with E-state index < -0.39 is 11.9 Å². The first-order valence-electron chi connectivity index (χ1n) is 6.80. The molecule has 1 aliphatic rings. The highest BCUT2D eigenvalue weighted by atomic mass is 19.4. The SMILES string of the molecule is FC(F)(F)c1cc(-c2cn(CCN3CCC3)cn2)ccn1. The molecule has 1 fully saturated rings. The fraction of sp³-hybridized carbons (Fsp3) is 0.429. The summed E-state index contributed by atoms with van der Waals surface area (Å²) in [6, 6.07) is 2.57. The molecule has 7 heteroatoms. The van der Waals surface area contributed by atoms with E-state index in [0.717, 1.165) is 38.4 Å². The van der Waals surface area contributed by atoms with Crippen LogP contribution in [0.15, 0.2) is 30.9 Å². The molecule has 0 saturated carbocycles. The summed E-state index contributed by atoms with van der Waals surface area (Å²) in [6.07, 6.45) is 1.40. The smallest absolute Gasteiger partial charge is 0.336 e. The van der Waals surface area contributed by atoms with Gasteiger partial charge in [-0.3, -0.25) is 4.98 Å². The number of imidazole rings is 1. The molecule has 3 heterocycles. The van der Waals surface area contributed by atoms with Gasteiger partial charge >= 0.3 is 6.18 Å². The predicted molar refractivity (Wildman–Crippen MR) is 71.5 cm³/mol. The van der Waals surface area contributed by atoms with E-state index in [0.29, 0.717) is 11.3 Å². The van der Waals surface area contributed by atoms with Crippen LogP contribution in [0, 0.1) is 0 Å². The zero-order valence-electron chi connectivity index (χ0n) is 11.3. The average molecular weight is 296 g/mol. The minimum Gasteiger partial charge on any atom is -0.336 e. The summed E-state index contributed by atoms with van der Waals surface area (Å²) in [5, 5.41) is 0. The summed E-state index contributed by atoms with van der Waals surface area (Å²) in [5.74, 6) is 0. The van der Waals surface area contributed by atoms with Crippen LogP contribution in [0.4, 0.5) is 13.2 Å². The normalized spacial score (nSPS) is 16.0. The van der Waals surface area contributed by atoms with Gasteiger partial charge in [0.15, 0.2) is 0 Å². The van der Waals surface area contributed by atoms with E-state index in [4.69, 9.17) is 0 Å². The second kappa shape index (κ2) is 5.48. The minimum atomic E-state index is -4.43. The van der Waals surface area contributed by atoms with Gasteiger partial charge in [0.2, 0.25) is 0 Å². The van der Waals surface area contributed by atoms with Crippen molar-refractivity contribution < 1.29 is 13.2 Å². The lowest BCUT2D eigenvalue weighted by atomic mass is 10.2. The van der Waals surface area contributed by atoms with Gasteiger partial charge in [-0.25, -0.2) is 4.98 Å². The monoisotopic (exact) mass is 296 g/mol. The lowest BCUT2D eigenvalue weighted by Gasteiger charge is -2.30. The van der Waals surface area contributed by atoms with Crippen LogP contribution < -0.4 is 0 Å². The van der Waals surface area contributed by atoms with Crippen LogP contribution in [0.25, 0.3) is 11.3 Å². The number of alkyl halides is 3. The summed E-state index contributed by atoms with van der Waals surface area (Å²) < 4.78 is 39.9. The molecule has 0 aliphatic carbocycles. The van der Waals surface area contributed by atoms with Gasteiger partial charge in [-0.05, 0) is 31.6 Å². The Bertz CT molecular complexity index is 617. The van der Waals surface area contributed by atoms with Gasteiger partial charge in [0.1, 0.15) is 5.69 Å². The Morgan fingerprint density at radius 2 is 1.95 bits per heavy atom. The van der Waals surface area contributed by atoms with Crippen molar-refractivity contribution in [2.45, 2.75) is 19.1 Å². The molecular formula is C14H15F3N4. The second-order valence-corrected chi connectivity index (χ2v) is 5.12. The van der Waals surface area contributed by atoms with Gasteiger partial charge in [0.05, 0.1) is 12.0 Å². The minimum absolute atomic E-state index is 0.431. The highest BCUT2D eigenvalue weighted by Gasteiger charge is 2.32. The van der Waals surface area contributed by atoms with E-state index in [-0.39, 0.29) is 0 Å². The molecule has 0 amide bonds. The topological polar surface area (TPSA) is 34.0 Å². The third-order valence-electron chi connectivity index (χ3n) is 3.60. The van der Waals surface area contributed by atoms with E-state index in [2.05, 4.69) is 14.9 Å². The number of pyridine rings is 1. The first-order valence-corrected chi connectivity index (χ1v) is 6.80. The van der Waals surface area contributed by atoms with Gasteiger partial charge < -0.3 is 9.47 Å². The fourth-order valence-electron chi connectivity index (χ4n) is 2.24. The molecule has 0 spiro atoms. The van der Waals surface area contributed by atoms with Crippen LogP contribution in [-0.2, 0) is 12.7 Å². The highest BCUT2D eigenvalue weighted by molar-refractivity contribution is 5.58. The summed E-state index contributed by atoms with van der Waals surface area (Å²) in [7, 11) is 0. The zero-order valence-corrected chi connectivity index (χ0v) is 11.3. The number of aromatic nitrogens is 3. The molecule has 0 N–H and O–H groups in total. The molecule has 3 rings (SSSR count). The number of likely N-dealkylation sites (tertiary alicyclic amines) is 1. The van der Waals surface area contributed by atoms with Crippen molar-refractivity contribution in [1.29, 1.82) is 0 Å². The van der Waals surface area contributed by atoms with Gasteiger partial charge in [0, 0.05) is 31.0 Å². The summed E-state index contributed by atoms with van der Waals surface area (Å²) in [5.41, 5.74) is 0.0710. The lowest BCUT2D eigenvalue weighted by Crippen LogP contribution is -2.39. The number of hydrogen-bond acceptors (Lipinski definition) is 3. The van der Waals surface area contributed by atoms with E-state index in [9.17, 15) is 13.2 Å². The van der Waals surface area contributed by atoms with Crippen LogP contribution in [0.2, 0.25) is 0 Å². The molecule has 21 heavy (non-hydrogen) atoms. The summed E-state index contributed by atoms with van der Waals surface area (Å²) in [6.45, 7) is 3.99. The van der Waals surface area contributed by atoms with E-state index >= 15 is 0 Å². The molecule has 0 bridgehead atoms. The molecule has 2 aromatic rings. The van der Waals surface area contributed by atoms with Gasteiger partial charge in [0.25, 0.3) is 0 Å². The first kappa shape index (κ1) is 14.1. The molecule has 0 aromatic carbocycles. The van der Waals surface area contributed by atoms with Crippen LogP contribution in [0.3, 0.4) is 0 Å². The maximum absolute atomic E-state index is 12.7. The molecule has 0 radical (unpaired) electrons. The summed E-state index contributed by atoms with van der Waals surface area (Å²) in [4.78, 5) is 9.86. The van der Waals surface area contributed by atoms with E-state index in [1.54, 1.807) is 12.5 Å². The van der Waals surface area contributed by atoms with Gasteiger partial charge in [-0.15, -0.1) is 0 Å². The average Bonchev–Trinajstić information content (AvgIpc) is 2.85. The number of nitrogens with zero attached hydrogens (tertiary/aromatic N) is 4. The van der Waals surface area contributed by atoms with Crippen molar-refractivity contribution >= 4 is 0 Å². The maximum Gasteiger partial charge on any atom is 0.433 e. The molecule has 0 unspecified atom stereocenters. The van der Waals surface area contributed by atoms with Crippen molar-refractivity contribution in [3.05, 3.63) is 36.5 Å². The van der Waals surface area contributed by atoms with Crippen molar-refractivity contribution in [3.63, 3.8) is 0 Å². The first-order chi connectivity index (χ1) is 10.0. The quantitative estimate of drug-likeness (QED) is 0.870. The predicted octanol–water partition coefficient (Wildman–Crippen LogP) is 2.67. The van der Waals surface area contributed by atoms with E-state index in [1.165, 1.54) is 12.5 Å². The van der Waals surface area contributed by atoms with Crippen molar-refractivity contribution in [2.75, 3.05) is 19.6 Å². The molecule has 2 aromatic heterocycles. The van der Waals surface area contributed by atoms with E-state index in [1.807, 2.05) is 4.57 Å². The standard InChI is InChI=1S/C14H15F3N4/c15-14(16,17)13-8-11(2-3-18-13)12-9-21(10-19-12)7-6-20-4-1-5-20/h2-3,8-10H,1,4-7H2. The van der Waals surface area contributed by atoms with Crippen molar-refractivity contribution in [1.82, 2.24) is 19.4 Å². The Morgan fingerprint density at radius 3 is 2.62 bits per heavy atom. The molecule has 4 nitrogen and oxygen atoms in total. The highest BCUT2D eigenvalue weighted by Crippen LogP contribution is 2.29. The van der Waals surface area contributed by atoms with Crippen molar-refractivity contribution in [3.8, 4) is 11.3 Å². The molecule has 1 aliphatic heterocycles. The maximum atomic E-state index is 12.7. The molecule has 0 atom stereocenters. The van der Waals surface area contributed by atoms with Crippen LogP contribution in [0.1, 0.15) is 12.1 Å². The van der Waals surface area contributed by atoms with Crippen LogP contribution >= 0.6 is 0 Å². The molecule has 1 saturated heterocycles. The molecule has 112 valence electrons. The largest absolute Gasteiger partial charge is 0.433 e. The second-order valence-electron chi connectivity index (χ2n) is 5.12. The van der Waals surface area contributed by atoms with Crippen molar-refractivity contribution in [2.24, 2.45) is 0 Å². The van der Waals surface area contributed by atoms with Crippen LogP contribution in [-0.4, -0.2) is 39.1 Å². The lowest BCUT2D eigenvalue weighted by molar-refractivity contribution is -0.141. The van der Waals surface area contributed by atoms with Gasteiger partial charge in [-0.2, -0.15) is 13.2 Å². The zero-order chi connectivity index (χ0) is 14.9. The Labute approximate surface area is 120 Å². The summed E-state index contributed by atoms with van der Waals surface area (Å²) >= 11 is 0. The van der Waals surface area contributed by atoms with Gasteiger partial charge in [-0.1, -0.05) is 0 Å². The number of rotatable bonds is 4. The third kappa shape index (κ3) is 3.24. The Hall–Kier alpha value is -1.89. The Kier molecular flexibility index (Phi) is 3.67. The fourth-order valence-corrected chi connectivity index (χ4v) is 2.24. The molecular weight excluding hydrogens is 281 g/mol.